The largest absolute Gasteiger partial charge is 0.333 e. The second-order valence-electron chi connectivity index (χ2n) is 8.89. The fourth-order valence-corrected chi connectivity index (χ4v) is 4.82. The predicted molar refractivity (Wildman–Crippen MR) is 101 cm³/mol. The van der Waals surface area contributed by atoms with Crippen LogP contribution in [-0.2, 0) is 14.4 Å². The molecule has 4 aliphatic rings. The average molecular weight is 404 g/mol. The van der Waals surface area contributed by atoms with Gasteiger partial charge in [0, 0.05) is 26.7 Å². The molecule has 4 fully saturated rings. The van der Waals surface area contributed by atoms with Crippen LogP contribution in [-0.4, -0.2) is 82.1 Å². The molecule has 0 spiro atoms. The van der Waals surface area contributed by atoms with E-state index >= 15 is 0 Å². The highest BCUT2D eigenvalue weighted by Gasteiger charge is 2.45. The molecule has 9 heteroatoms. The Morgan fingerprint density at radius 1 is 0.793 bits per heavy atom. The average Bonchev–Trinajstić information content (AvgIpc) is 3.49. The van der Waals surface area contributed by atoms with Crippen molar-refractivity contribution in [2.24, 2.45) is 11.8 Å². The number of amides is 7. The Hall–Kier alpha value is -2.45. The van der Waals surface area contributed by atoms with Gasteiger partial charge < -0.3 is 4.90 Å². The molecule has 0 aromatic carbocycles. The molecule has 0 aromatic heterocycles. The Bertz CT molecular complexity index is 756. The number of carbonyl (C=O) groups excluding carboxylic acids is 5. The first-order chi connectivity index (χ1) is 13.8. The van der Waals surface area contributed by atoms with E-state index in [1.54, 1.807) is 7.05 Å². The molecule has 2 aliphatic heterocycles. The summed E-state index contributed by atoms with van der Waals surface area (Å²) in [6, 6.07) is -1.36. The molecule has 9 nitrogen and oxygen atoms in total. The van der Waals surface area contributed by atoms with Gasteiger partial charge in [0.05, 0.1) is 0 Å². The summed E-state index contributed by atoms with van der Waals surface area (Å²) in [4.78, 5) is 66.9. The third kappa shape index (κ3) is 3.62. The van der Waals surface area contributed by atoms with Crippen molar-refractivity contribution in [3.8, 4) is 0 Å². The van der Waals surface area contributed by atoms with E-state index in [0.29, 0.717) is 31.7 Å². The fourth-order valence-electron chi connectivity index (χ4n) is 4.82. The number of carbonyl (C=O) groups is 5. The lowest BCUT2D eigenvalue weighted by Crippen LogP contribution is -2.59. The van der Waals surface area contributed by atoms with Gasteiger partial charge in [-0.1, -0.05) is 0 Å². The molecule has 29 heavy (non-hydrogen) atoms. The van der Waals surface area contributed by atoms with Crippen LogP contribution in [0.2, 0.25) is 0 Å². The van der Waals surface area contributed by atoms with E-state index in [-0.39, 0.29) is 36.2 Å². The van der Waals surface area contributed by atoms with Crippen LogP contribution in [0.1, 0.15) is 51.4 Å². The van der Waals surface area contributed by atoms with E-state index in [1.165, 1.54) is 21.7 Å². The number of barbiturate groups is 1. The third-order valence-electron chi connectivity index (χ3n) is 6.86. The van der Waals surface area contributed by atoms with E-state index in [0.717, 1.165) is 30.6 Å². The van der Waals surface area contributed by atoms with Gasteiger partial charge >= 0.3 is 12.1 Å². The smallest absolute Gasteiger partial charge is 0.315 e. The maximum absolute atomic E-state index is 12.8. The minimum absolute atomic E-state index is 0.171. The van der Waals surface area contributed by atoms with Gasteiger partial charge in [0.25, 0.3) is 5.91 Å². The number of imide groups is 3. The molecule has 4 rings (SSSR count). The maximum Gasteiger partial charge on any atom is 0.333 e. The van der Waals surface area contributed by atoms with Crippen molar-refractivity contribution in [3.63, 3.8) is 0 Å². The Labute approximate surface area is 169 Å². The molecular formula is C20H28N4O5. The summed E-state index contributed by atoms with van der Waals surface area (Å²) in [6.07, 6.45) is 5.34. The molecule has 0 N–H and O–H groups in total. The zero-order valence-corrected chi connectivity index (χ0v) is 17.0. The van der Waals surface area contributed by atoms with Crippen LogP contribution in [0.15, 0.2) is 0 Å². The molecule has 158 valence electrons. The van der Waals surface area contributed by atoms with Gasteiger partial charge in [0.1, 0.15) is 12.5 Å². The Morgan fingerprint density at radius 3 is 1.97 bits per heavy atom. The summed E-state index contributed by atoms with van der Waals surface area (Å²) in [5.74, 6) is -0.298. The Kier molecular flexibility index (Phi) is 5.08. The molecule has 2 aliphatic carbocycles. The van der Waals surface area contributed by atoms with Crippen LogP contribution in [0, 0.1) is 11.8 Å². The molecular weight excluding hydrogens is 376 g/mol. The fraction of sp³-hybridized carbons (Fsp3) is 0.750. The van der Waals surface area contributed by atoms with E-state index in [1.807, 2.05) is 0 Å². The summed E-state index contributed by atoms with van der Waals surface area (Å²) in [7, 11) is 3.15. The topological polar surface area (TPSA) is 98.3 Å². The van der Waals surface area contributed by atoms with Gasteiger partial charge in [-0.05, 0) is 56.8 Å². The predicted octanol–water partition coefficient (Wildman–Crippen LogP) is 1.42. The number of likely N-dealkylation sites (N-methyl/N-ethyl adjacent to an activating group) is 2. The molecule has 0 radical (unpaired) electrons. The summed E-state index contributed by atoms with van der Waals surface area (Å²) in [5, 5.41) is 0. The molecule has 7 amide bonds. The summed E-state index contributed by atoms with van der Waals surface area (Å²) in [5.41, 5.74) is 0. The number of hydrogen-bond donors (Lipinski definition) is 0. The lowest BCUT2D eigenvalue weighted by molar-refractivity contribution is -0.144. The molecule has 1 atom stereocenters. The molecule has 2 saturated heterocycles. The number of nitrogens with zero attached hydrogens (tertiary/aromatic N) is 4. The Balaban J connectivity index is 1.35. The summed E-state index contributed by atoms with van der Waals surface area (Å²) < 4.78 is 0. The zero-order chi connectivity index (χ0) is 20.9. The lowest BCUT2D eigenvalue weighted by Gasteiger charge is -2.40. The van der Waals surface area contributed by atoms with Crippen molar-refractivity contribution in [2.75, 3.05) is 20.6 Å². The minimum Gasteiger partial charge on any atom is -0.315 e. The number of hydrogen-bond acceptors (Lipinski definition) is 5. The van der Waals surface area contributed by atoms with Crippen molar-refractivity contribution in [2.45, 2.75) is 63.5 Å². The first-order valence-electron chi connectivity index (χ1n) is 10.5. The van der Waals surface area contributed by atoms with E-state index in [4.69, 9.17) is 0 Å². The lowest BCUT2D eigenvalue weighted by atomic mass is 9.81. The van der Waals surface area contributed by atoms with Gasteiger partial charge in [0.2, 0.25) is 11.8 Å². The van der Waals surface area contributed by atoms with Crippen LogP contribution in [0.3, 0.4) is 0 Å². The first kappa shape index (κ1) is 19.8. The van der Waals surface area contributed by atoms with Crippen LogP contribution in [0.5, 0.6) is 0 Å². The van der Waals surface area contributed by atoms with Crippen molar-refractivity contribution in [1.29, 1.82) is 0 Å². The number of rotatable bonds is 5. The van der Waals surface area contributed by atoms with Crippen molar-refractivity contribution in [1.82, 2.24) is 19.6 Å². The highest BCUT2D eigenvalue weighted by molar-refractivity contribution is 6.14. The summed E-state index contributed by atoms with van der Waals surface area (Å²) in [6.45, 7) is 0.425. The highest BCUT2D eigenvalue weighted by Crippen LogP contribution is 2.35. The molecule has 2 saturated carbocycles. The first-order valence-corrected chi connectivity index (χ1v) is 10.5. The van der Waals surface area contributed by atoms with E-state index in [9.17, 15) is 24.0 Å². The standard InChI is InChI=1S/C20H28N4O5/c1-21-15(18(27)22(2)19(21)28)9-12-5-7-14(8-6-12)24-17(26)10-16(25)23(20(24)29)11-13-3-4-13/h12-15H,3-11H2,1-2H3. The quantitative estimate of drug-likeness (QED) is 0.510. The molecule has 2 heterocycles. The van der Waals surface area contributed by atoms with Gasteiger partial charge in [-0.2, -0.15) is 0 Å². The molecule has 1 unspecified atom stereocenters. The van der Waals surface area contributed by atoms with E-state index < -0.39 is 18.0 Å². The van der Waals surface area contributed by atoms with Gasteiger partial charge in [0.15, 0.2) is 0 Å². The van der Waals surface area contributed by atoms with Crippen molar-refractivity contribution >= 4 is 29.8 Å². The number of urea groups is 2. The third-order valence-corrected chi connectivity index (χ3v) is 6.86. The van der Waals surface area contributed by atoms with E-state index in [2.05, 4.69) is 0 Å². The molecule has 0 aromatic rings. The second kappa shape index (κ2) is 7.42. The maximum atomic E-state index is 12.8. The van der Waals surface area contributed by atoms with Gasteiger partial charge in [-0.15, -0.1) is 0 Å². The second-order valence-corrected chi connectivity index (χ2v) is 8.89. The van der Waals surface area contributed by atoms with Crippen LogP contribution in [0.4, 0.5) is 9.59 Å². The van der Waals surface area contributed by atoms with Crippen molar-refractivity contribution in [3.05, 3.63) is 0 Å². The van der Waals surface area contributed by atoms with Crippen LogP contribution in [0.25, 0.3) is 0 Å². The minimum atomic E-state index is -0.459. The highest BCUT2D eigenvalue weighted by atomic mass is 16.2. The zero-order valence-electron chi connectivity index (χ0n) is 17.0. The monoisotopic (exact) mass is 404 g/mol. The summed E-state index contributed by atoms with van der Waals surface area (Å²) >= 11 is 0. The normalized spacial score (nSPS) is 31.4. The van der Waals surface area contributed by atoms with Crippen LogP contribution >= 0.6 is 0 Å². The van der Waals surface area contributed by atoms with Crippen molar-refractivity contribution < 1.29 is 24.0 Å². The van der Waals surface area contributed by atoms with Gasteiger partial charge in [-0.3, -0.25) is 29.1 Å². The Morgan fingerprint density at radius 2 is 1.41 bits per heavy atom. The SMILES string of the molecule is CN1C(=O)C(CC2CCC(N3C(=O)CC(=O)N(CC4CC4)C3=O)CC2)N(C)C1=O. The van der Waals surface area contributed by atoms with Gasteiger partial charge in [-0.25, -0.2) is 9.59 Å². The molecule has 0 bridgehead atoms. The van der Waals surface area contributed by atoms with Crippen LogP contribution < -0.4 is 0 Å².